The van der Waals surface area contributed by atoms with Gasteiger partial charge < -0.3 is 9.47 Å². The van der Waals surface area contributed by atoms with E-state index in [4.69, 9.17) is 21.1 Å². The van der Waals surface area contributed by atoms with Gasteiger partial charge in [0.25, 0.3) is 0 Å². The van der Waals surface area contributed by atoms with E-state index in [0.717, 1.165) is 18.1 Å². The Morgan fingerprint density at radius 1 is 1.21 bits per heavy atom. The second-order valence-corrected chi connectivity index (χ2v) is 5.41. The third kappa shape index (κ3) is 5.74. The molecule has 1 aromatic rings. The molecule has 0 saturated heterocycles. The lowest BCUT2D eigenvalue weighted by molar-refractivity contribution is 0.0814. The molecular weight excluding hydrogens is 264 g/mol. The van der Waals surface area contributed by atoms with E-state index < -0.39 is 0 Å². The highest BCUT2D eigenvalue weighted by molar-refractivity contribution is 6.17. The van der Waals surface area contributed by atoms with Gasteiger partial charge in [-0.25, -0.2) is 9.97 Å². The molecule has 19 heavy (non-hydrogen) atoms. The summed E-state index contributed by atoms with van der Waals surface area (Å²) in [5, 5.41) is 0. The molecule has 0 atom stereocenters. The van der Waals surface area contributed by atoms with Gasteiger partial charge in [0.15, 0.2) is 5.75 Å². The molecule has 0 saturated carbocycles. The Labute approximate surface area is 120 Å². The Balaban J connectivity index is 2.49. The molecular formula is C14H23ClN2O2. The molecule has 0 bridgehead atoms. The Morgan fingerprint density at radius 2 is 1.95 bits per heavy atom. The van der Waals surface area contributed by atoms with Gasteiger partial charge in [-0.15, -0.1) is 11.6 Å². The van der Waals surface area contributed by atoms with Crippen molar-refractivity contribution in [2.45, 2.75) is 39.5 Å². The number of hydrogen-bond donors (Lipinski definition) is 0. The third-order valence-electron chi connectivity index (χ3n) is 2.43. The lowest BCUT2D eigenvalue weighted by atomic mass is 10.2. The van der Waals surface area contributed by atoms with Crippen molar-refractivity contribution in [2.75, 3.05) is 19.8 Å². The Morgan fingerprint density at radius 3 is 2.53 bits per heavy atom. The molecule has 108 valence electrons. The van der Waals surface area contributed by atoms with E-state index in [1.54, 1.807) is 6.20 Å². The van der Waals surface area contributed by atoms with Crippen LogP contribution in [0.15, 0.2) is 6.20 Å². The highest BCUT2D eigenvalue weighted by atomic mass is 35.5. The minimum Gasteiger partial charge on any atom is -0.488 e. The molecule has 0 N–H and O–H groups in total. The van der Waals surface area contributed by atoms with Crippen LogP contribution in [0.3, 0.4) is 0 Å². The van der Waals surface area contributed by atoms with Crippen molar-refractivity contribution in [1.29, 1.82) is 0 Å². The highest BCUT2D eigenvalue weighted by Crippen LogP contribution is 2.20. The van der Waals surface area contributed by atoms with E-state index >= 15 is 0 Å². The molecule has 0 unspecified atom stereocenters. The monoisotopic (exact) mass is 286 g/mol. The standard InChI is InChI=1S/C14H23ClN2O2/c1-10(2)9-18-5-6-19-13-8-16-14(11(3)4)17-12(13)7-15/h8,10-11H,5-7,9H2,1-4H3. The van der Waals surface area contributed by atoms with E-state index in [1.165, 1.54) is 0 Å². The Bertz CT molecular complexity index is 384. The largest absolute Gasteiger partial charge is 0.488 e. The normalized spacial score (nSPS) is 11.3. The summed E-state index contributed by atoms with van der Waals surface area (Å²) in [6, 6.07) is 0. The van der Waals surface area contributed by atoms with Crippen LogP contribution in [0.25, 0.3) is 0 Å². The second-order valence-electron chi connectivity index (χ2n) is 5.14. The van der Waals surface area contributed by atoms with Crippen LogP contribution in [0.2, 0.25) is 0 Å². The minimum atomic E-state index is 0.283. The van der Waals surface area contributed by atoms with Gasteiger partial charge in [-0.05, 0) is 5.92 Å². The Kier molecular flexibility index (Phi) is 7.10. The van der Waals surface area contributed by atoms with Crippen molar-refractivity contribution in [1.82, 2.24) is 9.97 Å². The first kappa shape index (κ1) is 16.2. The molecule has 1 heterocycles. The van der Waals surface area contributed by atoms with Crippen molar-refractivity contribution in [3.63, 3.8) is 0 Å². The fourth-order valence-corrected chi connectivity index (χ4v) is 1.64. The van der Waals surface area contributed by atoms with Crippen LogP contribution in [-0.4, -0.2) is 29.8 Å². The topological polar surface area (TPSA) is 44.2 Å². The molecule has 0 aromatic carbocycles. The zero-order valence-corrected chi connectivity index (χ0v) is 12.9. The third-order valence-corrected chi connectivity index (χ3v) is 2.68. The zero-order valence-electron chi connectivity index (χ0n) is 12.1. The summed E-state index contributed by atoms with van der Waals surface area (Å²) in [5.74, 6) is 2.58. The minimum absolute atomic E-state index is 0.283. The van der Waals surface area contributed by atoms with E-state index in [0.29, 0.717) is 30.8 Å². The number of alkyl halides is 1. The van der Waals surface area contributed by atoms with E-state index in [1.807, 2.05) is 13.8 Å². The van der Waals surface area contributed by atoms with Crippen LogP contribution >= 0.6 is 11.6 Å². The van der Waals surface area contributed by atoms with Gasteiger partial charge in [-0.1, -0.05) is 27.7 Å². The fourth-order valence-electron chi connectivity index (χ4n) is 1.45. The van der Waals surface area contributed by atoms with Crippen molar-refractivity contribution in [3.8, 4) is 5.75 Å². The summed E-state index contributed by atoms with van der Waals surface area (Å²) in [7, 11) is 0. The van der Waals surface area contributed by atoms with E-state index in [-0.39, 0.29) is 5.92 Å². The summed E-state index contributed by atoms with van der Waals surface area (Å²) >= 11 is 5.89. The first-order valence-electron chi connectivity index (χ1n) is 6.66. The fraction of sp³-hybridized carbons (Fsp3) is 0.714. The molecule has 0 fully saturated rings. The van der Waals surface area contributed by atoms with Crippen LogP contribution in [0.5, 0.6) is 5.75 Å². The van der Waals surface area contributed by atoms with Gasteiger partial charge >= 0.3 is 0 Å². The number of aromatic nitrogens is 2. The maximum atomic E-state index is 5.89. The maximum Gasteiger partial charge on any atom is 0.160 e. The van der Waals surface area contributed by atoms with Crippen LogP contribution in [0.4, 0.5) is 0 Å². The van der Waals surface area contributed by atoms with E-state index in [9.17, 15) is 0 Å². The lowest BCUT2D eigenvalue weighted by Crippen LogP contribution is -2.12. The van der Waals surface area contributed by atoms with Crippen molar-refractivity contribution in [3.05, 3.63) is 17.7 Å². The molecule has 1 rings (SSSR count). The number of nitrogens with zero attached hydrogens (tertiary/aromatic N) is 2. The maximum absolute atomic E-state index is 5.89. The summed E-state index contributed by atoms with van der Waals surface area (Å²) in [5.41, 5.74) is 0.740. The first-order valence-corrected chi connectivity index (χ1v) is 7.20. The SMILES string of the molecule is CC(C)COCCOc1cnc(C(C)C)nc1CCl. The lowest BCUT2D eigenvalue weighted by Gasteiger charge is -2.12. The van der Waals surface area contributed by atoms with Crippen molar-refractivity contribution < 1.29 is 9.47 Å². The van der Waals surface area contributed by atoms with Crippen LogP contribution < -0.4 is 4.74 Å². The predicted molar refractivity (Wildman–Crippen MR) is 76.8 cm³/mol. The molecule has 0 aliphatic rings. The van der Waals surface area contributed by atoms with Crippen molar-refractivity contribution in [2.24, 2.45) is 5.92 Å². The summed E-state index contributed by atoms with van der Waals surface area (Å²) in [6.45, 7) is 10.1. The van der Waals surface area contributed by atoms with Crippen LogP contribution in [0.1, 0.15) is 45.1 Å². The second kappa shape index (κ2) is 8.33. The van der Waals surface area contributed by atoms with Gasteiger partial charge in [-0.3, -0.25) is 0 Å². The van der Waals surface area contributed by atoms with Gasteiger partial charge in [0.2, 0.25) is 0 Å². The van der Waals surface area contributed by atoms with Gasteiger partial charge in [0.05, 0.1) is 18.7 Å². The highest BCUT2D eigenvalue weighted by Gasteiger charge is 2.10. The van der Waals surface area contributed by atoms with Crippen LogP contribution in [0, 0.1) is 5.92 Å². The van der Waals surface area contributed by atoms with Gasteiger partial charge in [0, 0.05) is 12.5 Å². The van der Waals surface area contributed by atoms with Crippen molar-refractivity contribution >= 4 is 11.6 Å². The summed E-state index contributed by atoms with van der Waals surface area (Å²) < 4.78 is 11.1. The molecule has 5 heteroatoms. The Hall–Kier alpha value is -0.870. The number of ether oxygens (including phenoxy) is 2. The molecule has 0 radical (unpaired) electrons. The average molecular weight is 287 g/mol. The number of rotatable bonds is 8. The van der Waals surface area contributed by atoms with Crippen LogP contribution in [-0.2, 0) is 10.6 Å². The smallest absolute Gasteiger partial charge is 0.160 e. The predicted octanol–water partition coefficient (Wildman–Crippen LogP) is 3.39. The summed E-state index contributed by atoms with van der Waals surface area (Å²) in [6.07, 6.45) is 1.70. The molecule has 0 spiro atoms. The molecule has 1 aromatic heterocycles. The molecule has 4 nitrogen and oxygen atoms in total. The number of halogens is 1. The average Bonchev–Trinajstić information content (AvgIpc) is 2.37. The zero-order chi connectivity index (χ0) is 14.3. The van der Waals surface area contributed by atoms with Gasteiger partial charge in [-0.2, -0.15) is 0 Å². The number of hydrogen-bond acceptors (Lipinski definition) is 4. The first-order chi connectivity index (χ1) is 9.04. The van der Waals surface area contributed by atoms with Gasteiger partial charge in [0.1, 0.15) is 18.1 Å². The molecule has 0 amide bonds. The molecule has 0 aliphatic carbocycles. The quantitative estimate of drug-likeness (QED) is 0.543. The van der Waals surface area contributed by atoms with E-state index in [2.05, 4.69) is 23.8 Å². The summed E-state index contributed by atoms with van der Waals surface area (Å²) in [4.78, 5) is 8.69. The molecule has 0 aliphatic heterocycles.